The van der Waals surface area contributed by atoms with Gasteiger partial charge in [0.05, 0.1) is 10.2 Å². The van der Waals surface area contributed by atoms with Crippen LogP contribution in [0.15, 0.2) is 10.5 Å². The molecule has 18 heavy (non-hydrogen) atoms. The van der Waals surface area contributed by atoms with Crippen LogP contribution in [0.3, 0.4) is 0 Å². The van der Waals surface area contributed by atoms with E-state index in [1.807, 2.05) is 13.8 Å². The standard InChI is InChI=1S/C11H12BrClO4S/c1-6(2)9-7(4-18(13,14)15)3-8-11(10(9)12)17-5-16-8/h3,6H,4-5H2,1-2H3. The van der Waals surface area contributed by atoms with Crippen LogP contribution in [0.2, 0.25) is 0 Å². The lowest BCUT2D eigenvalue weighted by molar-refractivity contribution is 0.173. The van der Waals surface area contributed by atoms with E-state index in [-0.39, 0.29) is 18.5 Å². The average Bonchev–Trinajstić information content (AvgIpc) is 2.62. The lowest BCUT2D eigenvalue weighted by Gasteiger charge is -2.15. The van der Waals surface area contributed by atoms with Crippen LogP contribution in [0, 0.1) is 0 Å². The Morgan fingerprint density at radius 1 is 1.44 bits per heavy atom. The van der Waals surface area contributed by atoms with Gasteiger partial charge in [0.25, 0.3) is 0 Å². The Morgan fingerprint density at radius 2 is 2.11 bits per heavy atom. The van der Waals surface area contributed by atoms with Crippen molar-refractivity contribution < 1.29 is 17.9 Å². The summed E-state index contributed by atoms with van der Waals surface area (Å²) in [5.74, 6) is 1.08. The minimum Gasteiger partial charge on any atom is -0.454 e. The molecule has 0 fully saturated rings. The van der Waals surface area contributed by atoms with Gasteiger partial charge in [0, 0.05) is 10.7 Å². The molecule has 1 aliphatic heterocycles. The SMILES string of the molecule is CC(C)c1c(CS(=O)(=O)Cl)cc2c(c1Br)OCO2. The van der Waals surface area contributed by atoms with E-state index in [2.05, 4.69) is 15.9 Å². The zero-order valence-electron chi connectivity index (χ0n) is 9.87. The van der Waals surface area contributed by atoms with Gasteiger partial charge >= 0.3 is 0 Å². The first kappa shape index (κ1) is 14.0. The Bertz CT molecular complexity index is 583. The molecule has 0 atom stereocenters. The number of ether oxygens (including phenoxy) is 2. The largest absolute Gasteiger partial charge is 0.454 e. The van der Waals surface area contributed by atoms with E-state index in [0.29, 0.717) is 17.1 Å². The first-order chi connectivity index (χ1) is 8.29. The molecule has 100 valence electrons. The van der Waals surface area contributed by atoms with Gasteiger partial charge in [0.15, 0.2) is 11.5 Å². The quantitative estimate of drug-likeness (QED) is 0.780. The molecule has 0 spiro atoms. The van der Waals surface area contributed by atoms with Crippen molar-refractivity contribution in [2.45, 2.75) is 25.5 Å². The highest BCUT2D eigenvalue weighted by atomic mass is 79.9. The first-order valence-corrected chi connectivity index (χ1v) is 8.60. The van der Waals surface area contributed by atoms with Gasteiger partial charge in [-0.1, -0.05) is 13.8 Å². The number of benzene rings is 1. The zero-order valence-corrected chi connectivity index (χ0v) is 13.0. The summed E-state index contributed by atoms with van der Waals surface area (Å²) in [6.45, 7) is 4.10. The van der Waals surface area contributed by atoms with Crippen molar-refractivity contribution in [3.05, 3.63) is 21.7 Å². The van der Waals surface area contributed by atoms with E-state index in [1.165, 1.54) is 0 Å². The Hall–Kier alpha value is -0.460. The van der Waals surface area contributed by atoms with Crippen molar-refractivity contribution in [3.63, 3.8) is 0 Å². The van der Waals surface area contributed by atoms with Crippen molar-refractivity contribution in [1.82, 2.24) is 0 Å². The molecule has 1 aromatic carbocycles. The number of hydrogen-bond acceptors (Lipinski definition) is 4. The molecular weight excluding hydrogens is 344 g/mol. The van der Waals surface area contributed by atoms with E-state index < -0.39 is 9.05 Å². The summed E-state index contributed by atoms with van der Waals surface area (Å²) in [5, 5.41) is 0. The van der Waals surface area contributed by atoms with Gasteiger partial charge in [-0.05, 0) is 39.0 Å². The van der Waals surface area contributed by atoms with Crippen molar-refractivity contribution >= 4 is 35.7 Å². The maximum Gasteiger partial charge on any atom is 0.236 e. The molecule has 0 aliphatic carbocycles. The third kappa shape index (κ3) is 2.75. The highest BCUT2D eigenvalue weighted by Gasteiger charge is 2.25. The van der Waals surface area contributed by atoms with E-state index in [1.54, 1.807) is 6.07 Å². The average molecular weight is 356 g/mol. The Kier molecular flexibility index (Phi) is 3.80. The summed E-state index contributed by atoms with van der Waals surface area (Å²) in [5.41, 5.74) is 1.51. The summed E-state index contributed by atoms with van der Waals surface area (Å²) in [7, 11) is 1.72. The fraction of sp³-hybridized carbons (Fsp3) is 0.455. The summed E-state index contributed by atoms with van der Waals surface area (Å²) in [4.78, 5) is 0. The van der Waals surface area contributed by atoms with Crippen LogP contribution in [-0.4, -0.2) is 15.2 Å². The summed E-state index contributed by atoms with van der Waals surface area (Å²) in [6, 6.07) is 1.68. The van der Waals surface area contributed by atoms with Crippen LogP contribution in [0.1, 0.15) is 30.9 Å². The molecule has 0 saturated carbocycles. The molecular formula is C11H12BrClO4S. The van der Waals surface area contributed by atoms with Gasteiger partial charge in [0.2, 0.25) is 15.8 Å². The van der Waals surface area contributed by atoms with Crippen molar-refractivity contribution in [1.29, 1.82) is 0 Å². The molecule has 0 N–H and O–H groups in total. The van der Waals surface area contributed by atoms with Gasteiger partial charge in [-0.3, -0.25) is 0 Å². The Labute approximate surface area is 119 Å². The second-order valence-electron chi connectivity index (χ2n) is 4.34. The highest BCUT2D eigenvalue weighted by Crippen LogP contribution is 2.45. The number of rotatable bonds is 3. The molecule has 0 amide bonds. The predicted molar refractivity (Wildman–Crippen MR) is 72.8 cm³/mol. The molecule has 1 aromatic rings. The maximum absolute atomic E-state index is 11.3. The van der Waals surface area contributed by atoms with Gasteiger partial charge < -0.3 is 9.47 Å². The van der Waals surface area contributed by atoms with Gasteiger partial charge in [-0.25, -0.2) is 8.42 Å². The normalized spacial score (nSPS) is 14.3. The molecule has 7 heteroatoms. The Morgan fingerprint density at radius 3 is 2.67 bits per heavy atom. The van der Waals surface area contributed by atoms with Crippen LogP contribution in [0.25, 0.3) is 0 Å². The van der Waals surface area contributed by atoms with E-state index in [9.17, 15) is 8.42 Å². The minimum atomic E-state index is -3.61. The number of halogens is 2. The first-order valence-electron chi connectivity index (χ1n) is 5.33. The zero-order chi connectivity index (χ0) is 13.5. The number of fused-ring (bicyclic) bond motifs is 1. The van der Waals surface area contributed by atoms with Crippen molar-refractivity contribution in [3.8, 4) is 11.5 Å². The van der Waals surface area contributed by atoms with E-state index in [4.69, 9.17) is 20.2 Å². The van der Waals surface area contributed by atoms with Crippen LogP contribution >= 0.6 is 26.6 Å². The molecule has 2 rings (SSSR count). The fourth-order valence-electron chi connectivity index (χ4n) is 2.00. The van der Waals surface area contributed by atoms with Gasteiger partial charge in [0.1, 0.15) is 0 Å². The topological polar surface area (TPSA) is 52.6 Å². The van der Waals surface area contributed by atoms with Crippen LogP contribution in [-0.2, 0) is 14.8 Å². The second-order valence-corrected chi connectivity index (χ2v) is 7.90. The van der Waals surface area contributed by atoms with E-state index in [0.717, 1.165) is 10.0 Å². The lowest BCUT2D eigenvalue weighted by atomic mass is 9.97. The molecule has 4 nitrogen and oxygen atoms in total. The molecule has 0 saturated heterocycles. The van der Waals surface area contributed by atoms with Gasteiger partial charge in [-0.15, -0.1) is 0 Å². The third-order valence-corrected chi connectivity index (χ3v) is 4.40. The fourth-order valence-corrected chi connectivity index (χ4v) is 3.98. The lowest BCUT2D eigenvalue weighted by Crippen LogP contribution is -2.03. The van der Waals surface area contributed by atoms with Crippen molar-refractivity contribution in [2.24, 2.45) is 0 Å². The summed E-state index contributed by atoms with van der Waals surface area (Å²) >= 11 is 3.45. The number of hydrogen-bond donors (Lipinski definition) is 0. The van der Waals surface area contributed by atoms with Crippen molar-refractivity contribution in [2.75, 3.05) is 6.79 Å². The van der Waals surface area contributed by atoms with Crippen LogP contribution in [0.4, 0.5) is 0 Å². The second kappa shape index (κ2) is 4.90. The monoisotopic (exact) mass is 354 g/mol. The highest BCUT2D eigenvalue weighted by molar-refractivity contribution is 9.10. The molecule has 1 heterocycles. The van der Waals surface area contributed by atoms with E-state index >= 15 is 0 Å². The summed E-state index contributed by atoms with van der Waals surface area (Å²) < 4.78 is 33.9. The predicted octanol–water partition coefficient (Wildman–Crippen LogP) is 3.37. The molecule has 0 bridgehead atoms. The minimum absolute atomic E-state index is 0.141. The van der Waals surface area contributed by atoms with Crippen LogP contribution in [0.5, 0.6) is 11.5 Å². The Balaban J connectivity index is 2.61. The maximum atomic E-state index is 11.3. The smallest absolute Gasteiger partial charge is 0.236 e. The van der Waals surface area contributed by atoms with Gasteiger partial charge in [-0.2, -0.15) is 0 Å². The molecule has 0 aromatic heterocycles. The third-order valence-electron chi connectivity index (χ3n) is 2.63. The van der Waals surface area contributed by atoms with Crippen LogP contribution < -0.4 is 9.47 Å². The molecule has 0 radical (unpaired) electrons. The summed E-state index contributed by atoms with van der Waals surface area (Å²) in [6.07, 6.45) is 0. The molecule has 1 aliphatic rings. The molecule has 0 unspecified atom stereocenters.